The van der Waals surface area contributed by atoms with Crippen LogP contribution in [0.15, 0.2) is 36.4 Å². The molecule has 92 valence electrons. The van der Waals surface area contributed by atoms with Crippen LogP contribution in [-0.2, 0) is 0 Å². The van der Waals surface area contributed by atoms with Crippen molar-refractivity contribution in [3.05, 3.63) is 58.9 Å². The predicted molar refractivity (Wildman–Crippen MR) is 60.6 cm³/mol. The molecule has 0 N–H and O–H groups in total. The van der Waals surface area contributed by atoms with Crippen LogP contribution in [0, 0.1) is 11.9 Å². The molecule has 0 spiro atoms. The van der Waals surface area contributed by atoms with E-state index in [0.717, 1.165) is 12.1 Å². The van der Waals surface area contributed by atoms with Crippen molar-refractivity contribution < 1.29 is 18.3 Å². The van der Waals surface area contributed by atoms with Crippen molar-refractivity contribution in [3.63, 3.8) is 0 Å². The van der Waals surface area contributed by atoms with Crippen molar-refractivity contribution in [2.45, 2.75) is 0 Å². The van der Waals surface area contributed by atoms with Gasteiger partial charge in [0.2, 0.25) is 11.9 Å². The molecule has 0 aliphatic heterocycles. The SMILES string of the molecule is O=C(Oc1cccc(Cl)c1)c1cc(F)nc(F)c1. The fraction of sp³-hybridized carbons (Fsp3) is 0. The first-order valence-electron chi connectivity index (χ1n) is 4.85. The van der Waals surface area contributed by atoms with Crippen LogP contribution in [0.2, 0.25) is 5.02 Å². The van der Waals surface area contributed by atoms with Gasteiger partial charge >= 0.3 is 5.97 Å². The maximum Gasteiger partial charge on any atom is 0.343 e. The third kappa shape index (κ3) is 3.01. The monoisotopic (exact) mass is 269 g/mol. The second kappa shape index (κ2) is 5.10. The van der Waals surface area contributed by atoms with E-state index in [9.17, 15) is 13.6 Å². The van der Waals surface area contributed by atoms with Gasteiger partial charge in [0.05, 0.1) is 5.56 Å². The number of benzene rings is 1. The van der Waals surface area contributed by atoms with E-state index in [1.165, 1.54) is 12.1 Å². The summed E-state index contributed by atoms with van der Waals surface area (Å²) >= 11 is 5.70. The van der Waals surface area contributed by atoms with E-state index >= 15 is 0 Å². The van der Waals surface area contributed by atoms with E-state index < -0.39 is 17.9 Å². The van der Waals surface area contributed by atoms with Gasteiger partial charge in [-0.3, -0.25) is 0 Å². The van der Waals surface area contributed by atoms with Gasteiger partial charge in [-0.15, -0.1) is 0 Å². The highest BCUT2D eigenvalue weighted by molar-refractivity contribution is 6.30. The van der Waals surface area contributed by atoms with Crippen LogP contribution in [-0.4, -0.2) is 11.0 Å². The predicted octanol–water partition coefficient (Wildman–Crippen LogP) is 3.23. The molecule has 0 unspecified atom stereocenters. The van der Waals surface area contributed by atoms with Crippen molar-refractivity contribution in [1.29, 1.82) is 0 Å². The summed E-state index contributed by atoms with van der Waals surface area (Å²) in [4.78, 5) is 14.5. The smallest absolute Gasteiger partial charge is 0.343 e. The highest BCUT2D eigenvalue weighted by atomic mass is 35.5. The lowest BCUT2D eigenvalue weighted by molar-refractivity contribution is 0.0733. The summed E-state index contributed by atoms with van der Waals surface area (Å²) in [6, 6.07) is 7.67. The molecule has 18 heavy (non-hydrogen) atoms. The van der Waals surface area contributed by atoms with E-state index in [2.05, 4.69) is 4.98 Å². The number of pyridine rings is 1. The molecule has 0 aliphatic rings. The van der Waals surface area contributed by atoms with Crippen LogP contribution in [0.1, 0.15) is 10.4 Å². The third-order valence-corrected chi connectivity index (χ3v) is 2.24. The molecule has 1 aromatic heterocycles. The van der Waals surface area contributed by atoms with Gasteiger partial charge in [-0.05, 0) is 18.2 Å². The molecule has 1 aromatic carbocycles. The van der Waals surface area contributed by atoms with Gasteiger partial charge in [-0.2, -0.15) is 13.8 Å². The first kappa shape index (κ1) is 12.4. The molecule has 0 bridgehead atoms. The number of carbonyl (C=O) groups excluding carboxylic acids is 1. The molecule has 2 aromatic rings. The summed E-state index contributed by atoms with van der Waals surface area (Å²) in [5.74, 6) is -2.89. The third-order valence-electron chi connectivity index (χ3n) is 2.01. The number of nitrogens with zero attached hydrogens (tertiary/aromatic N) is 1. The molecule has 0 amide bonds. The Morgan fingerprint density at radius 3 is 2.44 bits per heavy atom. The first-order valence-corrected chi connectivity index (χ1v) is 5.23. The minimum Gasteiger partial charge on any atom is -0.423 e. The Hall–Kier alpha value is -2.01. The van der Waals surface area contributed by atoms with Gasteiger partial charge < -0.3 is 4.74 Å². The standard InChI is InChI=1S/C12H6ClF2NO2/c13-8-2-1-3-9(6-8)18-12(17)7-4-10(14)16-11(15)5-7/h1-6H. The molecule has 0 saturated heterocycles. The molecule has 0 atom stereocenters. The van der Waals surface area contributed by atoms with Crippen LogP contribution in [0.3, 0.4) is 0 Å². The molecular formula is C12H6ClF2NO2. The molecule has 0 aliphatic carbocycles. The van der Waals surface area contributed by atoms with Crippen LogP contribution in [0.25, 0.3) is 0 Å². The lowest BCUT2D eigenvalue weighted by atomic mass is 10.2. The second-order valence-electron chi connectivity index (χ2n) is 3.35. The largest absolute Gasteiger partial charge is 0.423 e. The molecule has 0 fully saturated rings. The number of ether oxygens (including phenoxy) is 1. The Kier molecular flexibility index (Phi) is 3.53. The van der Waals surface area contributed by atoms with Gasteiger partial charge in [0.1, 0.15) is 5.75 Å². The van der Waals surface area contributed by atoms with Crippen LogP contribution in [0.5, 0.6) is 5.75 Å². The normalized spacial score (nSPS) is 10.2. The highest BCUT2D eigenvalue weighted by Crippen LogP contribution is 2.18. The van der Waals surface area contributed by atoms with E-state index in [1.54, 1.807) is 12.1 Å². The van der Waals surface area contributed by atoms with Crippen molar-refractivity contribution in [3.8, 4) is 5.75 Å². The minimum absolute atomic E-state index is 0.185. The van der Waals surface area contributed by atoms with Crippen molar-refractivity contribution in [2.24, 2.45) is 0 Å². The van der Waals surface area contributed by atoms with Crippen molar-refractivity contribution >= 4 is 17.6 Å². The van der Waals surface area contributed by atoms with Gasteiger partial charge in [-0.25, -0.2) is 4.79 Å². The van der Waals surface area contributed by atoms with Crippen molar-refractivity contribution in [1.82, 2.24) is 4.98 Å². The zero-order chi connectivity index (χ0) is 13.1. The summed E-state index contributed by atoms with van der Waals surface area (Å²) in [7, 11) is 0. The molecular weight excluding hydrogens is 264 g/mol. The average molecular weight is 270 g/mol. The molecule has 6 heteroatoms. The zero-order valence-electron chi connectivity index (χ0n) is 8.86. The fourth-order valence-electron chi connectivity index (χ4n) is 1.28. The Balaban J connectivity index is 2.22. The maximum atomic E-state index is 12.8. The lowest BCUT2D eigenvalue weighted by Crippen LogP contribution is -2.10. The summed E-state index contributed by atoms with van der Waals surface area (Å²) in [6.45, 7) is 0. The zero-order valence-corrected chi connectivity index (χ0v) is 9.62. The quantitative estimate of drug-likeness (QED) is 0.477. The summed E-state index contributed by atoms with van der Waals surface area (Å²) in [5.41, 5.74) is -0.264. The Morgan fingerprint density at radius 2 is 1.83 bits per heavy atom. The lowest BCUT2D eigenvalue weighted by Gasteiger charge is -2.04. The topological polar surface area (TPSA) is 39.2 Å². The maximum absolute atomic E-state index is 12.8. The van der Waals surface area contributed by atoms with E-state index in [-0.39, 0.29) is 11.3 Å². The first-order chi connectivity index (χ1) is 8.54. The van der Waals surface area contributed by atoms with E-state index in [1.807, 2.05) is 0 Å². The number of hydrogen-bond donors (Lipinski definition) is 0. The Labute approximate surface area is 106 Å². The molecule has 1 heterocycles. The van der Waals surface area contributed by atoms with Gasteiger partial charge in [-0.1, -0.05) is 17.7 Å². The highest BCUT2D eigenvalue weighted by Gasteiger charge is 2.12. The van der Waals surface area contributed by atoms with E-state index in [0.29, 0.717) is 5.02 Å². The molecule has 0 radical (unpaired) electrons. The van der Waals surface area contributed by atoms with Gasteiger partial charge in [0.25, 0.3) is 0 Å². The summed E-state index contributed by atoms with van der Waals surface area (Å²) < 4.78 is 30.5. The number of aromatic nitrogens is 1. The minimum atomic E-state index is -1.09. The number of rotatable bonds is 2. The number of hydrogen-bond acceptors (Lipinski definition) is 3. The number of halogens is 3. The van der Waals surface area contributed by atoms with Crippen LogP contribution < -0.4 is 4.74 Å². The number of carbonyl (C=O) groups is 1. The number of esters is 1. The Morgan fingerprint density at radius 1 is 1.17 bits per heavy atom. The molecule has 0 saturated carbocycles. The van der Waals surface area contributed by atoms with Crippen molar-refractivity contribution in [2.75, 3.05) is 0 Å². The van der Waals surface area contributed by atoms with E-state index in [4.69, 9.17) is 16.3 Å². The van der Waals surface area contributed by atoms with Gasteiger partial charge in [0.15, 0.2) is 0 Å². The summed E-state index contributed by atoms with van der Waals surface area (Å²) in [5, 5.41) is 0.382. The Bertz CT molecular complexity index is 584. The van der Waals surface area contributed by atoms with Crippen LogP contribution >= 0.6 is 11.6 Å². The molecule has 3 nitrogen and oxygen atoms in total. The second-order valence-corrected chi connectivity index (χ2v) is 3.78. The fourth-order valence-corrected chi connectivity index (χ4v) is 1.46. The summed E-state index contributed by atoms with van der Waals surface area (Å²) in [6.07, 6.45) is 0. The van der Waals surface area contributed by atoms with Crippen LogP contribution in [0.4, 0.5) is 8.78 Å². The van der Waals surface area contributed by atoms with Gasteiger partial charge in [0, 0.05) is 17.2 Å². The average Bonchev–Trinajstić information content (AvgIpc) is 2.27. The molecule has 2 rings (SSSR count).